The van der Waals surface area contributed by atoms with Crippen molar-refractivity contribution in [2.24, 2.45) is 0 Å². The Hall–Kier alpha value is -1.36. The normalized spacial score (nSPS) is 11.9. The number of hydrogen-bond acceptors (Lipinski definition) is 1. The van der Waals surface area contributed by atoms with Crippen molar-refractivity contribution in [3.8, 4) is 0 Å². The molecule has 2 aromatic rings. The summed E-state index contributed by atoms with van der Waals surface area (Å²) >= 11 is 2.28. The summed E-state index contributed by atoms with van der Waals surface area (Å²) in [5.74, 6) is 0.279. The van der Waals surface area contributed by atoms with Gasteiger partial charge in [-0.15, -0.1) is 0 Å². The molecule has 2 nitrogen and oxygen atoms in total. The average Bonchev–Trinajstić information content (AvgIpc) is 2.44. The Balaban J connectivity index is 1.97. The van der Waals surface area contributed by atoms with Crippen LogP contribution >= 0.6 is 22.6 Å². The van der Waals surface area contributed by atoms with Crippen LogP contribution in [0.1, 0.15) is 30.4 Å². The molecule has 1 amide bonds. The topological polar surface area (TPSA) is 29.1 Å². The summed E-state index contributed by atoms with van der Waals surface area (Å²) in [4.78, 5) is 12.1. The molecule has 0 bridgehead atoms. The van der Waals surface area contributed by atoms with Crippen LogP contribution in [0, 0.1) is 10.5 Å². The lowest BCUT2D eigenvalue weighted by molar-refractivity contribution is -0.116. The van der Waals surface area contributed by atoms with Crippen molar-refractivity contribution in [1.29, 1.82) is 0 Å². The molecule has 0 aliphatic carbocycles. The molecule has 1 N–H and O–H groups in total. The quantitative estimate of drug-likeness (QED) is 0.765. The molecule has 0 heterocycles. The van der Waals surface area contributed by atoms with Crippen molar-refractivity contribution in [3.05, 3.63) is 63.2 Å². The largest absolute Gasteiger partial charge is 0.326 e. The van der Waals surface area contributed by atoms with Gasteiger partial charge in [0.15, 0.2) is 0 Å². The minimum absolute atomic E-state index is 0.0565. The monoisotopic (exact) mass is 379 g/mol. The molecule has 0 fully saturated rings. The lowest BCUT2D eigenvalue weighted by Crippen LogP contribution is -2.14. The summed E-state index contributed by atoms with van der Waals surface area (Å²) in [6, 6.07) is 16.1. The maximum atomic E-state index is 12.1. The molecular weight excluding hydrogens is 361 g/mol. The molecule has 0 spiro atoms. The second-order valence-electron chi connectivity index (χ2n) is 5.03. The molecule has 2 rings (SSSR count). The Labute approximate surface area is 133 Å². The molecule has 0 radical (unpaired) electrons. The van der Waals surface area contributed by atoms with Gasteiger partial charge in [-0.3, -0.25) is 4.79 Å². The van der Waals surface area contributed by atoms with Crippen molar-refractivity contribution in [3.63, 3.8) is 0 Å². The zero-order chi connectivity index (χ0) is 14.5. The third-order valence-corrected chi connectivity index (χ3v) is 4.48. The van der Waals surface area contributed by atoms with E-state index in [0.717, 1.165) is 9.26 Å². The summed E-state index contributed by atoms with van der Waals surface area (Å²) in [5.41, 5.74) is 3.28. The van der Waals surface area contributed by atoms with Crippen LogP contribution in [0.25, 0.3) is 0 Å². The van der Waals surface area contributed by atoms with Crippen LogP contribution in [0.2, 0.25) is 0 Å². The van der Waals surface area contributed by atoms with Crippen LogP contribution < -0.4 is 5.32 Å². The van der Waals surface area contributed by atoms with Gasteiger partial charge in [-0.05, 0) is 58.7 Å². The fraction of sp³-hybridized carbons (Fsp3) is 0.235. The van der Waals surface area contributed by atoms with Gasteiger partial charge >= 0.3 is 0 Å². The van der Waals surface area contributed by atoms with Gasteiger partial charge in [-0.1, -0.05) is 43.3 Å². The number of hydrogen-bond donors (Lipinski definition) is 1. The number of amides is 1. The van der Waals surface area contributed by atoms with Crippen molar-refractivity contribution >= 4 is 34.2 Å². The molecule has 0 aliphatic heterocycles. The van der Waals surface area contributed by atoms with Gasteiger partial charge in [-0.25, -0.2) is 0 Å². The van der Waals surface area contributed by atoms with E-state index in [1.54, 1.807) is 0 Å². The van der Waals surface area contributed by atoms with Crippen molar-refractivity contribution in [2.75, 3.05) is 5.32 Å². The molecule has 0 aromatic heterocycles. The molecular formula is C17H18INO. The number of carbonyl (C=O) groups is 1. The molecule has 0 saturated heterocycles. The van der Waals surface area contributed by atoms with E-state index in [2.05, 4.69) is 53.9 Å². The van der Waals surface area contributed by atoms with E-state index in [9.17, 15) is 4.79 Å². The van der Waals surface area contributed by atoms with Gasteiger partial charge in [0.25, 0.3) is 0 Å². The third kappa shape index (κ3) is 4.07. The average molecular weight is 379 g/mol. The van der Waals surface area contributed by atoms with Crippen LogP contribution in [0.15, 0.2) is 48.5 Å². The number of anilines is 1. The van der Waals surface area contributed by atoms with E-state index < -0.39 is 0 Å². The molecule has 2 aromatic carbocycles. The summed E-state index contributed by atoms with van der Waals surface area (Å²) < 4.78 is 1.16. The van der Waals surface area contributed by atoms with Crippen molar-refractivity contribution in [2.45, 2.75) is 26.2 Å². The smallest absolute Gasteiger partial charge is 0.224 e. The SMILES string of the molecule is Cc1ccc(NC(=O)C[C@H](C)c2ccccc2)cc1I. The Morgan fingerprint density at radius 1 is 1.20 bits per heavy atom. The first-order valence-corrected chi connectivity index (χ1v) is 7.75. The number of carbonyl (C=O) groups excluding carboxylic acids is 1. The highest BCUT2D eigenvalue weighted by atomic mass is 127. The van der Waals surface area contributed by atoms with Gasteiger partial charge in [0, 0.05) is 15.7 Å². The Bertz CT molecular complexity index is 595. The maximum absolute atomic E-state index is 12.1. The Kier molecular flexibility index (Phi) is 5.17. The number of halogens is 1. The number of nitrogens with one attached hydrogen (secondary N) is 1. The summed E-state index contributed by atoms with van der Waals surface area (Å²) in [6.45, 7) is 4.14. The molecule has 104 valence electrons. The van der Waals surface area contributed by atoms with Crippen molar-refractivity contribution < 1.29 is 4.79 Å². The predicted octanol–water partition coefficient (Wildman–Crippen LogP) is 4.73. The minimum Gasteiger partial charge on any atom is -0.326 e. The first kappa shape index (κ1) is 15.0. The molecule has 0 unspecified atom stereocenters. The Morgan fingerprint density at radius 2 is 1.90 bits per heavy atom. The van der Waals surface area contributed by atoms with Crippen molar-refractivity contribution in [1.82, 2.24) is 0 Å². The highest BCUT2D eigenvalue weighted by Gasteiger charge is 2.11. The number of aryl methyl sites for hydroxylation is 1. The van der Waals surface area contributed by atoms with Crippen LogP contribution in [0.4, 0.5) is 5.69 Å². The minimum atomic E-state index is 0.0565. The lowest BCUT2D eigenvalue weighted by atomic mass is 9.97. The van der Waals surface area contributed by atoms with E-state index >= 15 is 0 Å². The van der Waals surface area contributed by atoms with Crippen LogP contribution in [-0.2, 0) is 4.79 Å². The summed E-state index contributed by atoms with van der Waals surface area (Å²) in [6.07, 6.45) is 0.495. The van der Waals surface area contributed by atoms with E-state index in [1.807, 2.05) is 36.4 Å². The highest BCUT2D eigenvalue weighted by Crippen LogP contribution is 2.21. The molecule has 0 aliphatic rings. The van der Waals surface area contributed by atoms with Crippen LogP contribution in [0.3, 0.4) is 0 Å². The van der Waals surface area contributed by atoms with E-state index in [-0.39, 0.29) is 11.8 Å². The highest BCUT2D eigenvalue weighted by molar-refractivity contribution is 14.1. The molecule has 20 heavy (non-hydrogen) atoms. The van der Waals surface area contributed by atoms with Gasteiger partial charge in [0.1, 0.15) is 0 Å². The molecule has 1 atom stereocenters. The predicted molar refractivity (Wildman–Crippen MR) is 92.0 cm³/mol. The standard InChI is InChI=1S/C17H18INO/c1-12-8-9-15(11-16(12)18)19-17(20)10-13(2)14-6-4-3-5-7-14/h3-9,11,13H,10H2,1-2H3,(H,19,20)/t13-/m0/s1. The summed E-state index contributed by atoms with van der Waals surface area (Å²) in [7, 11) is 0. The number of rotatable bonds is 4. The molecule has 3 heteroatoms. The molecule has 0 saturated carbocycles. The van der Waals surface area contributed by atoms with Gasteiger partial charge in [-0.2, -0.15) is 0 Å². The fourth-order valence-electron chi connectivity index (χ4n) is 2.06. The van der Waals surface area contributed by atoms with Crippen LogP contribution in [0.5, 0.6) is 0 Å². The van der Waals surface area contributed by atoms with E-state index in [1.165, 1.54) is 11.1 Å². The van der Waals surface area contributed by atoms with E-state index in [4.69, 9.17) is 0 Å². The number of benzene rings is 2. The van der Waals surface area contributed by atoms with Gasteiger partial charge < -0.3 is 5.32 Å². The fourth-order valence-corrected chi connectivity index (χ4v) is 2.58. The van der Waals surface area contributed by atoms with E-state index in [0.29, 0.717) is 6.42 Å². The third-order valence-electron chi connectivity index (χ3n) is 3.32. The Morgan fingerprint density at radius 3 is 2.55 bits per heavy atom. The maximum Gasteiger partial charge on any atom is 0.224 e. The first-order chi connectivity index (χ1) is 9.56. The zero-order valence-electron chi connectivity index (χ0n) is 11.7. The second kappa shape index (κ2) is 6.88. The zero-order valence-corrected chi connectivity index (χ0v) is 13.8. The lowest BCUT2D eigenvalue weighted by Gasteiger charge is -2.12. The van der Waals surface area contributed by atoms with Gasteiger partial charge in [0.05, 0.1) is 0 Å². The summed E-state index contributed by atoms with van der Waals surface area (Å²) in [5, 5.41) is 2.97. The first-order valence-electron chi connectivity index (χ1n) is 6.67. The van der Waals surface area contributed by atoms with Crippen LogP contribution in [-0.4, -0.2) is 5.91 Å². The second-order valence-corrected chi connectivity index (χ2v) is 6.19. The van der Waals surface area contributed by atoms with Gasteiger partial charge in [0.2, 0.25) is 5.91 Å².